The quantitative estimate of drug-likeness (QED) is 0.789. The van der Waals surface area contributed by atoms with E-state index >= 15 is 0 Å². The van der Waals surface area contributed by atoms with Crippen molar-refractivity contribution in [2.75, 3.05) is 6.54 Å². The van der Waals surface area contributed by atoms with Gasteiger partial charge in [-0.2, -0.15) is 0 Å². The predicted molar refractivity (Wildman–Crippen MR) is 70.5 cm³/mol. The summed E-state index contributed by atoms with van der Waals surface area (Å²) in [6, 6.07) is 0. The van der Waals surface area contributed by atoms with Crippen LogP contribution < -0.4 is 5.73 Å². The van der Waals surface area contributed by atoms with E-state index in [-0.39, 0.29) is 0 Å². The van der Waals surface area contributed by atoms with Crippen LogP contribution >= 0.6 is 0 Å². The van der Waals surface area contributed by atoms with E-state index in [0.717, 1.165) is 41.5 Å². The molecular formula is C16H27N. The predicted octanol–water partition coefficient (Wildman–Crippen LogP) is 3.58. The summed E-state index contributed by atoms with van der Waals surface area (Å²) in [7, 11) is 0. The third-order valence-electron chi connectivity index (χ3n) is 6.45. The molecule has 0 amide bonds. The van der Waals surface area contributed by atoms with Crippen LogP contribution in [0.3, 0.4) is 0 Å². The van der Waals surface area contributed by atoms with Crippen LogP contribution in [0.25, 0.3) is 0 Å². The third kappa shape index (κ3) is 1.85. The van der Waals surface area contributed by atoms with Crippen molar-refractivity contribution in [1.82, 2.24) is 0 Å². The van der Waals surface area contributed by atoms with Gasteiger partial charge in [0.2, 0.25) is 0 Å². The molecule has 0 aliphatic heterocycles. The van der Waals surface area contributed by atoms with Gasteiger partial charge in [0.25, 0.3) is 0 Å². The standard InChI is InChI=1S/C16H27N/c17-10-15(14-1-2-14)9-16-6-11-3-12(7-16)5-13(4-11)8-16/h11-15H,1-10,17H2. The Kier molecular flexibility index (Phi) is 2.38. The summed E-state index contributed by atoms with van der Waals surface area (Å²) in [5.41, 5.74) is 6.81. The lowest BCUT2D eigenvalue weighted by Gasteiger charge is -2.57. The van der Waals surface area contributed by atoms with Crippen LogP contribution in [0.2, 0.25) is 0 Å². The molecule has 5 aliphatic carbocycles. The number of nitrogens with two attached hydrogens (primary N) is 1. The molecule has 0 aromatic carbocycles. The summed E-state index contributed by atoms with van der Waals surface area (Å²) in [6.45, 7) is 0.965. The van der Waals surface area contributed by atoms with E-state index < -0.39 is 0 Å². The molecule has 4 bridgehead atoms. The summed E-state index contributed by atoms with van der Waals surface area (Å²) in [4.78, 5) is 0. The van der Waals surface area contributed by atoms with Crippen molar-refractivity contribution in [2.45, 2.75) is 57.8 Å². The molecule has 0 radical (unpaired) electrons. The number of hydrogen-bond donors (Lipinski definition) is 1. The van der Waals surface area contributed by atoms with Crippen LogP contribution in [0, 0.1) is 35.0 Å². The van der Waals surface area contributed by atoms with E-state index in [2.05, 4.69) is 0 Å². The lowest BCUT2D eigenvalue weighted by atomic mass is 9.48. The minimum Gasteiger partial charge on any atom is -0.330 e. The monoisotopic (exact) mass is 233 g/mol. The van der Waals surface area contributed by atoms with E-state index in [9.17, 15) is 0 Å². The summed E-state index contributed by atoms with van der Waals surface area (Å²) in [5.74, 6) is 5.23. The zero-order chi connectivity index (χ0) is 11.5. The lowest BCUT2D eigenvalue weighted by Crippen LogP contribution is -2.47. The van der Waals surface area contributed by atoms with Crippen LogP contribution in [0.15, 0.2) is 0 Å². The van der Waals surface area contributed by atoms with E-state index in [1.54, 1.807) is 38.5 Å². The van der Waals surface area contributed by atoms with Gasteiger partial charge in [-0.05, 0) is 99.3 Å². The van der Waals surface area contributed by atoms with Crippen LogP contribution in [0.4, 0.5) is 0 Å². The topological polar surface area (TPSA) is 26.0 Å². The molecule has 0 aromatic rings. The Morgan fingerprint density at radius 2 is 1.47 bits per heavy atom. The van der Waals surface area contributed by atoms with Crippen molar-refractivity contribution >= 4 is 0 Å². The van der Waals surface area contributed by atoms with Gasteiger partial charge in [0, 0.05) is 0 Å². The minimum atomic E-state index is 0.765. The van der Waals surface area contributed by atoms with Gasteiger partial charge in [-0.25, -0.2) is 0 Å². The first-order chi connectivity index (χ1) is 8.26. The highest BCUT2D eigenvalue weighted by molar-refractivity contribution is 5.03. The van der Waals surface area contributed by atoms with Crippen LogP contribution in [0.5, 0.6) is 0 Å². The fourth-order valence-corrected chi connectivity index (χ4v) is 6.11. The first-order valence-electron chi connectivity index (χ1n) is 7.96. The lowest BCUT2D eigenvalue weighted by molar-refractivity contribution is -0.0661. The zero-order valence-corrected chi connectivity index (χ0v) is 11.0. The smallest absolute Gasteiger partial charge is 0.00460 e. The second-order valence-corrected chi connectivity index (χ2v) is 7.95. The molecule has 17 heavy (non-hydrogen) atoms. The molecule has 0 spiro atoms. The first kappa shape index (κ1) is 10.8. The molecule has 5 saturated carbocycles. The maximum absolute atomic E-state index is 6.04. The van der Waals surface area contributed by atoms with Gasteiger partial charge in [0.05, 0.1) is 0 Å². The van der Waals surface area contributed by atoms with Gasteiger partial charge in [0.1, 0.15) is 0 Å². The highest BCUT2D eigenvalue weighted by atomic mass is 14.6. The van der Waals surface area contributed by atoms with Crippen LogP contribution in [-0.2, 0) is 0 Å². The molecule has 1 heteroatoms. The average Bonchev–Trinajstić information content (AvgIpc) is 3.07. The van der Waals surface area contributed by atoms with Crippen molar-refractivity contribution in [3.05, 3.63) is 0 Å². The third-order valence-corrected chi connectivity index (χ3v) is 6.45. The zero-order valence-electron chi connectivity index (χ0n) is 11.0. The van der Waals surface area contributed by atoms with Crippen LogP contribution in [-0.4, -0.2) is 6.54 Å². The largest absolute Gasteiger partial charge is 0.330 e. The van der Waals surface area contributed by atoms with Gasteiger partial charge in [0.15, 0.2) is 0 Å². The van der Waals surface area contributed by atoms with E-state index in [0.29, 0.717) is 0 Å². The molecule has 0 heterocycles. The average molecular weight is 233 g/mol. The second kappa shape index (κ2) is 3.73. The van der Waals surface area contributed by atoms with Gasteiger partial charge >= 0.3 is 0 Å². The molecule has 5 aliphatic rings. The fraction of sp³-hybridized carbons (Fsp3) is 1.00. The number of hydrogen-bond acceptors (Lipinski definition) is 1. The maximum Gasteiger partial charge on any atom is -0.00460 e. The Bertz CT molecular complexity index is 269. The Labute approximate surface area is 106 Å². The summed E-state index contributed by atoms with van der Waals surface area (Å²) in [6.07, 6.45) is 13.9. The molecule has 2 N–H and O–H groups in total. The van der Waals surface area contributed by atoms with Crippen molar-refractivity contribution < 1.29 is 0 Å². The van der Waals surface area contributed by atoms with Crippen molar-refractivity contribution in [3.63, 3.8) is 0 Å². The van der Waals surface area contributed by atoms with Crippen molar-refractivity contribution in [2.24, 2.45) is 40.7 Å². The molecule has 5 rings (SSSR count). The SMILES string of the molecule is NCC(CC12CC3CC(CC(C3)C1)C2)C1CC1. The second-order valence-electron chi connectivity index (χ2n) is 7.95. The number of rotatable bonds is 4. The molecule has 1 nitrogen and oxygen atoms in total. The first-order valence-corrected chi connectivity index (χ1v) is 7.96. The molecule has 0 saturated heterocycles. The van der Waals surface area contributed by atoms with E-state index in [4.69, 9.17) is 5.73 Å². The summed E-state index contributed by atoms with van der Waals surface area (Å²) >= 11 is 0. The van der Waals surface area contributed by atoms with Gasteiger partial charge in [-0.3, -0.25) is 0 Å². The summed E-state index contributed by atoms with van der Waals surface area (Å²) in [5, 5.41) is 0. The molecule has 0 aromatic heterocycles. The van der Waals surface area contributed by atoms with Crippen LogP contribution in [0.1, 0.15) is 57.8 Å². The molecular weight excluding hydrogens is 206 g/mol. The Hall–Kier alpha value is -0.0400. The fourth-order valence-electron chi connectivity index (χ4n) is 6.11. The Morgan fingerprint density at radius 3 is 1.88 bits per heavy atom. The van der Waals surface area contributed by atoms with E-state index in [1.807, 2.05) is 0 Å². The maximum atomic E-state index is 6.04. The van der Waals surface area contributed by atoms with Gasteiger partial charge in [-0.1, -0.05) is 0 Å². The molecule has 1 unspecified atom stereocenters. The molecule has 1 atom stereocenters. The van der Waals surface area contributed by atoms with Gasteiger partial charge < -0.3 is 5.73 Å². The van der Waals surface area contributed by atoms with E-state index in [1.165, 1.54) is 19.3 Å². The Balaban J connectivity index is 1.51. The normalized spacial score (nSPS) is 49.6. The minimum absolute atomic E-state index is 0.765. The molecule has 96 valence electrons. The summed E-state index contributed by atoms with van der Waals surface area (Å²) < 4.78 is 0. The molecule has 5 fully saturated rings. The highest BCUT2D eigenvalue weighted by Gasteiger charge is 2.52. The van der Waals surface area contributed by atoms with Crippen molar-refractivity contribution in [3.8, 4) is 0 Å². The highest BCUT2D eigenvalue weighted by Crippen LogP contribution is 2.62. The van der Waals surface area contributed by atoms with Gasteiger partial charge in [-0.15, -0.1) is 0 Å². The Morgan fingerprint density at radius 1 is 0.941 bits per heavy atom. The van der Waals surface area contributed by atoms with Crippen molar-refractivity contribution in [1.29, 1.82) is 0 Å².